The van der Waals surface area contributed by atoms with Crippen molar-refractivity contribution >= 4 is 51.6 Å². The quantitative estimate of drug-likeness (QED) is 0.345. The van der Waals surface area contributed by atoms with Crippen molar-refractivity contribution in [1.82, 2.24) is 10.2 Å². The fraction of sp³-hybridized carbons (Fsp3) is 0.364. The highest BCUT2D eigenvalue weighted by atomic mass is 35.5. The molecular weight excluding hydrogens is 470 g/mol. The number of nitrogens with one attached hydrogen (secondary N) is 1. The Morgan fingerprint density at radius 1 is 1.31 bits per heavy atom. The first-order valence-corrected chi connectivity index (χ1v) is 12.5. The van der Waals surface area contributed by atoms with Crippen LogP contribution in [0.25, 0.3) is 11.5 Å². The molecule has 1 aliphatic carbocycles. The summed E-state index contributed by atoms with van der Waals surface area (Å²) in [5, 5.41) is 12.4. The lowest BCUT2D eigenvalue weighted by atomic mass is 9.88. The molecule has 1 amide bonds. The molecule has 0 saturated carbocycles. The second-order valence-corrected chi connectivity index (χ2v) is 9.96. The van der Waals surface area contributed by atoms with Crippen molar-refractivity contribution in [2.45, 2.75) is 38.3 Å². The van der Waals surface area contributed by atoms with Gasteiger partial charge in [0.05, 0.1) is 17.9 Å². The number of benzene rings is 1. The number of amides is 1. The van der Waals surface area contributed by atoms with E-state index >= 15 is 0 Å². The third-order valence-corrected chi connectivity index (χ3v) is 7.31. The summed E-state index contributed by atoms with van der Waals surface area (Å²) in [5.74, 6) is 0.353. The number of esters is 1. The van der Waals surface area contributed by atoms with E-state index < -0.39 is 0 Å². The largest absolute Gasteiger partial charge is 0.462 e. The van der Waals surface area contributed by atoms with Crippen molar-refractivity contribution in [3.8, 4) is 11.5 Å². The molecule has 2 heterocycles. The Morgan fingerprint density at radius 3 is 2.84 bits per heavy atom. The molecule has 0 radical (unpaired) electrons. The number of carbonyl (C=O) groups is 2. The number of nitrogens with zero attached hydrogens (tertiary/aromatic N) is 2. The van der Waals surface area contributed by atoms with Gasteiger partial charge in [-0.1, -0.05) is 30.3 Å². The lowest BCUT2D eigenvalue weighted by molar-refractivity contribution is -0.113. The van der Waals surface area contributed by atoms with Gasteiger partial charge in [-0.2, -0.15) is 0 Å². The molecule has 1 aliphatic rings. The van der Waals surface area contributed by atoms with Crippen LogP contribution in [0.2, 0.25) is 5.02 Å². The van der Waals surface area contributed by atoms with Gasteiger partial charge in [-0.3, -0.25) is 4.79 Å². The summed E-state index contributed by atoms with van der Waals surface area (Å²) in [5.41, 5.74) is 2.26. The first kappa shape index (κ1) is 22.8. The fourth-order valence-corrected chi connectivity index (χ4v) is 5.63. The van der Waals surface area contributed by atoms with Crippen LogP contribution in [-0.4, -0.2) is 34.4 Å². The molecule has 0 spiro atoms. The average Bonchev–Trinajstić information content (AvgIpc) is 3.37. The number of aromatic nitrogens is 2. The second kappa shape index (κ2) is 10.1. The fourth-order valence-electron chi connectivity index (χ4n) is 3.53. The monoisotopic (exact) mass is 491 g/mol. The van der Waals surface area contributed by atoms with E-state index in [1.165, 1.54) is 11.3 Å². The summed E-state index contributed by atoms with van der Waals surface area (Å²) in [6.45, 7) is 4.26. The highest BCUT2D eigenvalue weighted by molar-refractivity contribution is 7.99. The zero-order valence-corrected chi connectivity index (χ0v) is 20.0. The Hall–Kier alpha value is -2.36. The Labute approximate surface area is 198 Å². The van der Waals surface area contributed by atoms with Crippen molar-refractivity contribution in [3.63, 3.8) is 0 Å². The predicted molar refractivity (Wildman–Crippen MR) is 126 cm³/mol. The Bertz CT molecular complexity index is 1130. The van der Waals surface area contributed by atoms with Crippen LogP contribution in [0.15, 0.2) is 33.9 Å². The van der Waals surface area contributed by atoms with Gasteiger partial charge in [-0.15, -0.1) is 21.5 Å². The van der Waals surface area contributed by atoms with Gasteiger partial charge in [0.25, 0.3) is 5.22 Å². The number of thiophene rings is 1. The van der Waals surface area contributed by atoms with Gasteiger partial charge < -0.3 is 14.5 Å². The zero-order valence-electron chi connectivity index (χ0n) is 17.6. The number of rotatable bonds is 7. The third-order valence-electron chi connectivity index (χ3n) is 5.07. The normalized spacial score (nSPS) is 15.3. The lowest BCUT2D eigenvalue weighted by Gasteiger charge is -2.18. The van der Waals surface area contributed by atoms with Gasteiger partial charge in [0.15, 0.2) is 0 Å². The molecule has 1 N–H and O–H groups in total. The highest BCUT2D eigenvalue weighted by Crippen LogP contribution is 2.40. The number of carbonyl (C=O) groups excluding carboxylic acids is 2. The molecule has 10 heteroatoms. The maximum atomic E-state index is 12.6. The molecule has 3 aromatic rings. The first-order valence-electron chi connectivity index (χ1n) is 10.3. The van der Waals surface area contributed by atoms with Gasteiger partial charge in [0.2, 0.25) is 11.8 Å². The average molecular weight is 492 g/mol. The minimum Gasteiger partial charge on any atom is -0.462 e. The van der Waals surface area contributed by atoms with E-state index in [9.17, 15) is 9.59 Å². The maximum Gasteiger partial charge on any atom is 0.341 e. The third kappa shape index (κ3) is 5.16. The SMILES string of the molecule is CCOC(=O)c1c(NC(=O)CSc2nnc(-c3ccc(Cl)cc3)o2)sc2c1CCC(C)C2. The van der Waals surface area contributed by atoms with Crippen LogP contribution in [0.1, 0.15) is 41.1 Å². The van der Waals surface area contributed by atoms with Crippen LogP contribution < -0.4 is 5.32 Å². The molecule has 0 fully saturated rings. The van der Waals surface area contributed by atoms with E-state index in [1.807, 2.05) is 0 Å². The van der Waals surface area contributed by atoms with Crippen LogP contribution in [0, 0.1) is 5.92 Å². The maximum absolute atomic E-state index is 12.6. The van der Waals surface area contributed by atoms with E-state index in [0.717, 1.165) is 47.0 Å². The van der Waals surface area contributed by atoms with E-state index in [-0.39, 0.29) is 29.5 Å². The molecule has 2 aromatic heterocycles. The molecule has 1 aromatic carbocycles. The van der Waals surface area contributed by atoms with E-state index in [2.05, 4.69) is 22.4 Å². The van der Waals surface area contributed by atoms with Crippen molar-refractivity contribution in [2.75, 3.05) is 17.7 Å². The van der Waals surface area contributed by atoms with Crippen LogP contribution in [0.5, 0.6) is 0 Å². The van der Waals surface area contributed by atoms with Crippen molar-refractivity contribution in [3.05, 3.63) is 45.3 Å². The van der Waals surface area contributed by atoms with Gasteiger partial charge in [0, 0.05) is 15.5 Å². The smallest absolute Gasteiger partial charge is 0.341 e. The van der Waals surface area contributed by atoms with Crippen LogP contribution >= 0.6 is 34.7 Å². The molecule has 1 atom stereocenters. The number of hydrogen-bond acceptors (Lipinski definition) is 8. The topological polar surface area (TPSA) is 94.3 Å². The standard InChI is InChI=1S/C22H22ClN3O4S2/c1-3-29-21(28)18-15-9-4-12(2)10-16(15)32-20(18)24-17(27)11-31-22-26-25-19(30-22)13-5-7-14(23)8-6-13/h5-8,12H,3-4,9-11H2,1-2H3,(H,24,27). The van der Waals surface area contributed by atoms with Crippen molar-refractivity contribution in [1.29, 1.82) is 0 Å². The molecule has 0 saturated heterocycles. The van der Waals surface area contributed by atoms with E-state index in [0.29, 0.717) is 27.4 Å². The van der Waals surface area contributed by atoms with Gasteiger partial charge in [-0.25, -0.2) is 4.79 Å². The molecule has 168 valence electrons. The van der Waals surface area contributed by atoms with Crippen LogP contribution in [0.4, 0.5) is 5.00 Å². The minimum atomic E-state index is -0.382. The van der Waals surface area contributed by atoms with E-state index in [4.69, 9.17) is 20.8 Å². The summed E-state index contributed by atoms with van der Waals surface area (Å²) in [7, 11) is 0. The van der Waals surface area contributed by atoms with Gasteiger partial charge >= 0.3 is 5.97 Å². The predicted octanol–water partition coefficient (Wildman–Crippen LogP) is 5.48. The van der Waals surface area contributed by atoms with Gasteiger partial charge in [0.1, 0.15) is 5.00 Å². The summed E-state index contributed by atoms with van der Waals surface area (Å²) >= 11 is 8.50. The Kier molecular flexibility index (Phi) is 7.17. The zero-order chi connectivity index (χ0) is 22.7. The summed E-state index contributed by atoms with van der Waals surface area (Å²) in [6, 6.07) is 7.05. The summed E-state index contributed by atoms with van der Waals surface area (Å²) in [4.78, 5) is 26.4. The molecule has 4 rings (SSSR count). The molecule has 32 heavy (non-hydrogen) atoms. The number of anilines is 1. The van der Waals surface area contributed by atoms with Crippen LogP contribution in [0.3, 0.4) is 0 Å². The number of hydrogen-bond donors (Lipinski definition) is 1. The molecule has 7 nitrogen and oxygen atoms in total. The molecule has 0 bridgehead atoms. The number of thioether (sulfide) groups is 1. The summed E-state index contributed by atoms with van der Waals surface area (Å²) < 4.78 is 10.9. The van der Waals surface area contributed by atoms with Crippen LogP contribution in [-0.2, 0) is 22.4 Å². The Morgan fingerprint density at radius 2 is 2.09 bits per heavy atom. The minimum absolute atomic E-state index is 0.0729. The summed E-state index contributed by atoms with van der Waals surface area (Å²) in [6.07, 6.45) is 2.75. The lowest BCUT2D eigenvalue weighted by Crippen LogP contribution is -2.17. The first-order chi connectivity index (χ1) is 15.4. The number of fused-ring (bicyclic) bond motifs is 1. The van der Waals surface area contributed by atoms with Crippen molar-refractivity contribution < 1.29 is 18.7 Å². The second-order valence-electron chi connectivity index (χ2n) is 7.49. The Balaban J connectivity index is 1.43. The van der Waals surface area contributed by atoms with Gasteiger partial charge in [-0.05, 0) is 61.9 Å². The van der Waals surface area contributed by atoms with E-state index in [1.54, 1.807) is 31.2 Å². The molecule has 1 unspecified atom stereocenters. The van der Waals surface area contributed by atoms with Crippen molar-refractivity contribution in [2.24, 2.45) is 5.92 Å². The molecule has 0 aliphatic heterocycles. The number of halogens is 1. The number of ether oxygens (including phenoxy) is 1. The highest BCUT2D eigenvalue weighted by Gasteiger charge is 2.29. The molecular formula is C22H22ClN3O4S2.